The Balaban J connectivity index is 1.82. The van der Waals surface area contributed by atoms with Crippen LogP contribution in [0.5, 0.6) is 0 Å². The molecule has 3 N–H and O–H groups in total. The molecule has 2 saturated heterocycles. The summed E-state index contributed by atoms with van der Waals surface area (Å²) >= 11 is 0. The minimum Gasteiger partial charge on any atom is -0.372 e. The lowest BCUT2D eigenvalue weighted by atomic mass is 10.0. The third-order valence-electron chi connectivity index (χ3n) is 3.66. The van der Waals surface area contributed by atoms with Gasteiger partial charge in [-0.1, -0.05) is 0 Å². The summed E-state index contributed by atoms with van der Waals surface area (Å²) in [5.74, 6) is -0.767. The van der Waals surface area contributed by atoms with Gasteiger partial charge in [0.25, 0.3) is 5.56 Å². The van der Waals surface area contributed by atoms with Crippen molar-refractivity contribution in [2.75, 3.05) is 19.0 Å². The van der Waals surface area contributed by atoms with E-state index in [1.165, 1.54) is 13.3 Å². The Labute approximate surface area is 125 Å². The average Bonchev–Trinajstić information content (AvgIpc) is 2.77. The van der Waals surface area contributed by atoms with E-state index in [9.17, 15) is 9.59 Å². The summed E-state index contributed by atoms with van der Waals surface area (Å²) in [7, 11) is 1.54. The maximum atomic E-state index is 11.8. The lowest BCUT2D eigenvalue weighted by Gasteiger charge is -2.36. The second-order valence-electron chi connectivity index (χ2n) is 5.74. The van der Waals surface area contributed by atoms with Crippen LogP contribution in [0.1, 0.15) is 13.8 Å². The number of rotatable bonds is 3. The van der Waals surface area contributed by atoms with Crippen molar-refractivity contribution in [2.45, 2.75) is 44.2 Å². The molecule has 3 rings (SSSR count). The van der Waals surface area contributed by atoms with Gasteiger partial charge in [0.05, 0.1) is 12.6 Å². The van der Waals surface area contributed by atoms with Crippen molar-refractivity contribution >= 4 is 5.69 Å². The van der Waals surface area contributed by atoms with Crippen molar-refractivity contribution in [1.82, 2.24) is 9.97 Å². The average molecular weight is 313 g/mol. The van der Waals surface area contributed by atoms with Crippen LogP contribution in [0.15, 0.2) is 15.8 Å². The number of methoxy groups -OCH3 is 1. The van der Waals surface area contributed by atoms with Gasteiger partial charge in [-0.15, -0.1) is 0 Å². The van der Waals surface area contributed by atoms with Crippen LogP contribution >= 0.6 is 0 Å². The predicted molar refractivity (Wildman–Crippen MR) is 75.7 cm³/mol. The number of hydrogen-bond donors (Lipinski definition) is 3. The zero-order chi connectivity index (χ0) is 15.9. The zero-order valence-electron chi connectivity index (χ0n) is 12.5. The smallest absolute Gasteiger partial charge is 0.325 e. The van der Waals surface area contributed by atoms with E-state index in [4.69, 9.17) is 18.9 Å². The lowest BCUT2D eigenvalue weighted by Crippen LogP contribution is -2.55. The summed E-state index contributed by atoms with van der Waals surface area (Å²) in [4.78, 5) is 27.4. The molecule has 0 aromatic carbocycles. The van der Waals surface area contributed by atoms with E-state index >= 15 is 0 Å². The van der Waals surface area contributed by atoms with E-state index < -0.39 is 29.4 Å². The molecule has 2 aliphatic rings. The molecular formula is C13H19N3O6. The van der Waals surface area contributed by atoms with Crippen LogP contribution < -0.4 is 16.6 Å². The Morgan fingerprint density at radius 3 is 2.73 bits per heavy atom. The molecule has 22 heavy (non-hydrogen) atoms. The Morgan fingerprint density at radius 1 is 1.32 bits per heavy atom. The summed E-state index contributed by atoms with van der Waals surface area (Å²) < 4.78 is 22.6. The molecule has 0 saturated carbocycles. The van der Waals surface area contributed by atoms with Crippen molar-refractivity contribution in [2.24, 2.45) is 0 Å². The molecule has 2 fully saturated rings. The van der Waals surface area contributed by atoms with Gasteiger partial charge < -0.3 is 29.2 Å². The van der Waals surface area contributed by atoms with Crippen molar-refractivity contribution in [1.29, 1.82) is 0 Å². The molecule has 0 unspecified atom stereocenters. The van der Waals surface area contributed by atoms with Crippen LogP contribution in [0.3, 0.4) is 0 Å². The number of H-pyrrole nitrogens is 2. The highest BCUT2D eigenvalue weighted by Gasteiger charge is 2.52. The lowest BCUT2D eigenvalue weighted by molar-refractivity contribution is -0.220. The second kappa shape index (κ2) is 5.51. The van der Waals surface area contributed by atoms with E-state index in [-0.39, 0.29) is 24.4 Å². The van der Waals surface area contributed by atoms with Gasteiger partial charge >= 0.3 is 5.69 Å². The second-order valence-corrected chi connectivity index (χ2v) is 5.74. The molecule has 122 valence electrons. The fourth-order valence-electron chi connectivity index (χ4n) is 2.77. The first kappa shape index (κ1) is 15.2. The summed E-state index contributed by atoms with van der Waals surface area (Å²) in [6.07, 6.45) is 0.0336. The summed E-state index contributed by atoms with van der Waals surface area (Å²) in [5, 5.41) is 3.03. The number of aromatic amines is 2. The van der Waals surface area contributed by atoms with Gasteiger partial charge in [0.1, 0.15) is 17.9 Å². The highest BCUT2D eigenvalue weighted by Crippen LogP contribution is 2.36. The van der Waals surface area contributed by atoms with E-state index in [0.717, 1.165) is 0 Å². The molecule has 1 aromatic rings. The molecule has 4 atom stereocenters. The molecule has 1 aromatic heterocycles. The Morgan fingerprint density at radius 2 is 2.05 bits per heavy atom. The first-order valence-corrected chi connectivity index (χ1v) is 6.98. The van der Waals surface area contributed by atoms with Gasteiger partial charge in [0.2, 0.25) is 0 Å². The monoisotopic (exact) mass is 313 g/mol. The van der Waals surface area contributed by atoms with Crippen molar-refractivity contribution in [3.8, 4) is 0 Å². The van der Waals surface area contributed by atoms with Crippen LogP contribution in [0, 0.1) is 0 Å². The molecular weight excluding hydrogens is 294 g/mol. The zero-order valence-corrected chi connectivity index (χ0v) is 12.5. The molecule has 2 aliphatic heterocycles. The van der Waals surface area contributed by atoms with Crippen LogP contribution in [-0.2, 0) is 18.9 Å². The summed E-state index contributed by atoms with van der Waals surface area (Å²) in [5.41, 5.74) is -0.835. The summed E-state index contributed by atoms with van der Waals surface area (Å²) in [6, 6.07) is -0.315. The third kappa shape index (κ3) is 2.80. The molecule has 9 nitrogen and oxygen atoms in total. The number of hydrogen-bond acceptors (Lipinski definition) is 7. The largest absolute Gasteiger partial charge is 0.372 e. The maximum Gasteiger partial charge on any atom is 0.325 e. The number of ether oxygens (including phenoxy) is 4. The van der Waals surface area contributed by atoms with Crippen LogP contribution in [-0.4, -0.2) is 54.0 Å². The topological polar surface area (TPSA) is 115 Å². The van der Waals surface area contributed by atoms with Gasteiger partial charge in [0.15, 0.2) is 12.1 Å². The fourth-order valence-corrected chi connectivity index (χ4v) is 2.77. The molecule has 9 heteroatoms. The Kier molecular flexibility index (Phi) is 3.81. The number of fused-ring (bicyclic) bond motifs is 1. The summed E-state index contributed by atoms with van der Waals surface area (Å²) in [6.45, 7) is 3.89. The minimum atomic E-state index is -0.767. The first-order valence-electron chi connectivity index (χ1n) is 6.98. The van der Waals surface area contributed by atoms with E-state index in [0.29, 0.717) is 0 Å². The minimum absolute atomic E-state index is 0.233. The van der Waals surface area contributed by atoms with Crippen molar-refractivity contribution < 1.29 is 18.9 Å². The molecule has 0 bridgehead atoms. The van der Waals surface area contributed by atoms with E-state index in [1.807, 2.05) is 13.8 Å². The van der Waals surface area contributed by atoms with Crippen LogP contribution in [0.2, 0.25) is 0 Å². The van der Waals surface area contributed by atoms with E-state index in [2.05, 4.69) is 15.3 Å². The van der Waals surface area contributed by atoms with Gasteiger partial charge in [0, 0.05) is 13.3 Å². The third-order valence-corrected chi connectivity index (χ3v) is 3.66. The first-order chi connectivity index (χ1) is 10.4. The van der Waals surface area contributed by atoms with Gasteiger partial charge in [-0.25, -0.2) is 4.79 Å². The molecule has 0 spiro atoms. The normalized spacial score (nSPS) is 33.4. The maximum absolute atomic E-state index is 11.8. The standard InChI is InChI=1S/C13H19N3O6/c1-13(2)21-8-7(5-20-11(19-3)9(8)22-13)15-6-4-14-12(18)16-10(6)17/h4,7-9,11,15H,5H2,1-3H3,(H2,14,16,17,18)/t7-,8-,9-,11-/m1/s1. The highest BCUT2D eigenvalue weighted by molar-refractivity contribution is 5.39. The van der Waals surface area contributed by atoms with Gasteiger partial charge in [-0.2, -0.15) is 0 Å². The Hall–Kier alpha value is -1.68. The quantitative estimate of drug-likeness (QED) is 0.680. The molecule has 0 aliphatic carbocycles. The fraction of sp³-hybridized carbons (Fsp3) is 0.692. The number of anilines is 1. The number of aromatic nitrogens is 2. The SMILES string of the molecule is CO[C@@H]1OC[C@@H](Nc2c[nH]c(=O)[nH]c2=O)[C@H]2OC(C)(C)O[C@@H]12. The van der Waals surface area contributed by atoms with Crippen LogP contribution in [0.4, 0.5) is 5.69 Å². The van der Waals surface area contributed by atoms with Crippen molar-refractivity contribution in [3.63, 3.8) is 0 Å². The van der Waals surface area contributed by atoms with Crippen LogP contribution in [0.25, 0.3) is 0 Å². The number of nitrogens with one attached hydrogen (secondary N) is 3. The molecule has 0 radical (unpaired) electrons. The molecule has 3 heterocycles. The van der Waals surface area contributed by atoms with E-state index in [1.54, 1.807) is 0 Å². The van der Waals surface area contributed by atoms with Crippen molar-refractivity contribution in [3.05, 3.63) is 27.0 Å². The van der Waals surface area contributed by atoms with Gasteiger partial charge in [-0.3, -0.25) is 9.78 Å². The Bertz CT molecular complexity index is 654. The predicted octanol–water partition coefficient (Wildman–Crippen LogP) is -0.633. The highest BCUT2D eigenvalue weighted by atomic mass is 16.8. The molecule has 0 amide bonds. The van der Waals surface area contributed by atoms with Gasteiger partial charge in [-0.05, 0) is 13.8 Å².